The molecule has 4 rings (SSSR count). The van der Waals surface area contributed by atoms with E-state index in [4.69, 9.17) is 0 Å². The van der Waals surface area contributed by atoms with E-state index in [0.717, 1.165) is 42.8 Å². The lowest BCUT2D eigenvalue weighted by molar-refractivity contribution is -0.126. The third-order valence-electron chi connectivity index (χ3n) is 5.30. The minimum atomic E-state index is -0.811. The van der Waals surface area contributed by atoms with Gasteiger partial charge in [0.15, 0.2) is 5.69 Å². The molecule has 2 amide bonds. The van der Waals surface area contributed by atoms with Crippen LogP contribution in [0.5, 0.6) is 0 Å². The normalized spacial score (nSPS) is 14.9. The molecule has 8 heteroatoms. The van der Waals surface area contributed by atoms with Gasteiger partial charge in [-0.1, -0.05) is 53.7 Å². The van der Waals surface area contributed by atoms with Gasteiger partial charge in [-0.05, 0) is 36.0 Å². The second kappa shape index (κ2) is 9.58. The molecule has 7 nitrogen and oxygen atoms in total. The molecule has 1 atom stereocenters. The number of aromatic nitrogens is 3. The van der Waals surface area contributed by atoms with Crippen molar-refractivity contribution in [2.75, 3.05) is 0 Å². The molecule has 30 heavy (non-hydrogen) atoms. The van der Waals surface area contributed by atoms with Gasteiger partial charge in [-0.3, -0.25) is 14.6 Å². The molecule has 2 aromatic heterocycles. The van der Waals surface area contributed by atoms with Gasteiger partial charge >= 0.3 is 0 Å². The van der Waals surface area contributed by atoms with Gasteiger partial charge < -0.3 is 10.2 Å². The summed E-state index contributed by atoms with van der Waals surface area (Å²) in [5.74, 6) is -0.523. The molecule has 1 N–H and O–H groups in total. The van der Waals surface area contributed by atoms with Gasteiger partial charge in [-0.2, -0.15) is 0 Å². The van der Waals surface area contributed by atoms with Crippen LogP contribution in [0.1, 0.15) is 53.3 Å². The highest BCUT2D eigenvalue weighted by Crippen LogP contribution is 2.27. The molecule has 0 radical (unpaired) electrons. The number of amides is 2. The van der Waals surface area contributed by atoms with Crippen molar-refractivity contribution >= 4 is 23.3 Å². The predicted octanol–water partition coefficient (Wildman–Crippen LogP) is 3.38. The molecule has 154 valence electrons. The molecule has 0 spiro atoms. The lowest BCUT2D eigenvalue weighted by Crippen LogP contribution is -2.46. The van der Waals surface area contributed by atoms with Crippen molar-refractivity contribution < 1.29 is 9.59 Å². The third-order valence-corrected chi connectivity index (χ3v) is 5.80. The Balaban J connectivity index is 1.71. The molecule has 1 aliphatic carbocycles. The number of nitrogens with zero attached hydrogens (tertiary/aromatic N) is 4. The molecular weight excluding hydrogens is 398 g/mol. The average molecular weight is 422 g/mol. The van der Waals surface area contributed by atoms with Crippen molar-refractivity contribution in [2.45, 2.75) is 44.3 Å². The maximum atomic E-state index is 13.4. The number of hydrogen-bond acceptors (Lipinski definition) is 6. The molecule has 1 saturated carbocycles. The van der Waals surface area contributed by atoms with Crippen LogP contribution >= 0.6 is 11.5 Å². The van der Waals surface area contributed by atoms with Gasteiger partial charge in [0.2, 0.25) is 5.91 Å². The van der Waals surface area contributed by atoms with Crippen molar-refractivity contribution in [3.8, 4) is 0 Å². The van der Waals surface area contributed by atoms with Crippen LogP contribution in [-0.4, -0.2) is 37.3 Å². The Bertz CT molecular complexity index is 960. The van der Waals surface area contributed by atoms with Crippen molar-refractivity contribution in [3.05, 3.63) is 77.1 Å². The van der Waals surface area contributed by atoms with Gasteiger partial charge in [0.25, 0.3) is 5.91 Å². The lowest BCUT2D eigenvalue weighted by Gasteiger charge is -2.31. The fraction of sp³-hybridized carbons (Fsp3) is 0.318. The van der Waals surface area contributed by atoms with E-state index >= 15 is 0 Å². The highest BCUT2D eigenvalue weighted by Gasteiger charge is 2.34. The zero-order valence-corrected chi connectivity index (χ0v) is 17.3. The summed E-state index contributed by atoms with van der Waals surface area (Å²) in [7, 11) is 0. The topological polar surface area (TPSA) is 88.1 Å². The summed E-state index contributed by atoms with van der Waals surface area (Å²) >= 11 is 1.11. The Morgan fingerprint density at radius 3 is 2.60 bits per heavy atom. The van der Waals surface area contributed by atoms with Crippen LogP contribution in [0.25, 0.3) is 0 Å². The Hall–Kier alpha value is -3.13. The molecule has 1 aliphatic rings. The Kier molecular flexibility index (Phi) is 6.44. The molecule has 0 aliphatic heterocycles. The van der Waals surface area contributed by atoms with E-state index in [-0.39, 0.29) is 30.1 Å². The van der Waals surface area contributed by atoms with Crippen LogP contribution < -0.4 is 5.32 Å². The summed E-state index contributed by atoms with van der Waals surface area (Å²) in [6.07, 6.45) is 7.45. The number of nitrogens with one attached hydrogen (secondary N) is 1. The second-order valence-electron chi connectivity index (χ2n) is 7.39. The first-order valence-electron chi connectivity index (χ1n) is 10.0. The van der Waals surface area contributed by atoms with Crippen molar-refractivity contribution in [3.63, 3.8) is 0 Å². The van der Waals surface area contributed by atoms with E-state index in [1.165, 1.54) is 0 Å². The number of hydrogen-bond donors (Lipinski definition) is 1. The average Bonchev–Trinajstić information content (AvgIpc) is 3.49. The van der Waals surface area contributed by atoms with Crippen molar-refractivity contribution in [2.24, 2.45) is 0 Å². The summed E-state index contributed by atoms with van der Waals surface area (Å²) in [6, 6.07) is 12.6. The second-order valence-corrected chi connectivity index (χ2v) is 8.00. The molecule has 0 saturated heterocycles. The summed E-state index contributed by atoms with van der Waals surface area (Å²) in [5, 5.41) is 8.70. The summed E-state index contributed by atoms with van der Waals surface area (Å²) in [5.41, 5.74) is 1.83. The number of carbonyl (C=O) groups excluding carboxylic acids is 2. The van der Waals surface area contributed by atoms with E-state index in [0.29, 0.717) is 5.56 Å². The molecule has 2 heterocycles. The molecule has 0 bridgehead atoms. The molecule has 0 unspecified atom stereocenters. The SMILES string of the molecule is O=C(NC1CCCC1)[C@H](c1cccnc1)N(Cc1ccccc1)C(=O)c1csnn1. The van der Waals surface area contributed by atoms with Crippen molar-refractivity contribution in [1.82, 2.24) is 24.8 Å². The third kappa shape index (κ3) is 4.71. The minimum absolute atomic E-state index is 0.145. The quantitative estimate of drug-likeness (QED) is 0.632. The van der Waals surface area contributed by atoms with Crippen LogP contribution in [0.4, 0.5) is 0 Å². The Morgan fingerprint density at radius 1 is 1.13 bits per heavy atom. The maximum absolute atomic E-state index is 13.4. The van der Waals surface area contributed by atoms with E-state index in [2.05, 4.69) is 19.9 Å². The predicted molar refractivity (Wildman–Crippen MR) is 114 cm³/mol. The largest absolute Gasteiger partial charge is 0.351 e. The van der Waals surface area contributed by atoms with Crippen LogP contribution in [0, 0.1) is 0 Å². The standard InChI is InChI=1S/C22H23N5O2S/c28-21(24-18-10-4-5-11-18)20(17-9-6-12-23-13-17)27(14-16-7-2-1-3-8-16)22(29)19-15-30-26-25-19/h1-3,6-9,12-13,15,18,20H,4-5,10-11,14H2,(H,24,28)/t20-/m0/s1. The van der Waals surface area contributed by atoms with Gasteiger partial charge in [0, 0.05) is 35.9 Å². The fourth-order valence-electron chi connectivity index (χ4n) is 3.83. The van der Waals surface area contributed by atoms with Gasteiger partial charge in [-0.25, -0.2) is 0 Å². The zero-order valence-electron chi connectivity index (χ0n) is 16.5. The van der Waals surface area contributed by atoms with E-state index in [9.17, 15) is 9.59 Å². The highest BCUT2D eigenvalue weighted by atomic mass is 32.1. The summed E-state index contributed by atoms with van der Waals surface area (Å²) < 4.78 is 3.82. The van der Waals surface area contributed by atoms with Gasteiger partial charge in [0.05, 0.1) is 0 Å². The number of benzene rings is 1. The van der Waals surface area contributed by atoms with E-state index in [1.807, 2.05) is 36.4 Å². The minimum Gasteiger partial charge on any atom is -0.351 e. The Morgan fingerprint density at radius 2 is 1.93 bits per heavy atom. The summed E-state index contributed by atoms with van der Waals surface area (Å²) in [4.78, 5) is 32.6. The molecule has 3 aromatic rings. The van der Waals surface area contributed by atoms with Crippen molar-refractivity contribution in [1.29, 1.82) is 0 Å². The van der Waals surface area contributed by atoms with Crippen LogP contribution in [0.15, 0.2) is 60.2 Å². The number of rotatable bonds is 7. The smallest absolute Gasteiger partial charge is 0.276 e. The van der Waals surface area contributed by atoms with E-state index in [1.54, 1.807) is 28.7 Å². The van der Waals surface area contributed by atoms with Crippen LogP contribution in [0.3, 0.4) is 0 Å². The lowest BCUT2D eigenvalue weighted by atomic mass is 10.0. The molecular formula is C22H23N5O2S. The van der Waals surface area contributed by atoms with Gasteiger partial charge in [0.1, 0.15) is 6.04 Å². The first kappa shape index (κ1) is 20.2. The zero-order chi connectivity index (χ0) is 20.8. The highest BCUT2D eigenvalue weighted by molar-refractivity contribution is 7.03. The molecule has 1 aromatic carbocycles. The van der Waals surface area contributed by atoms with Crippen LogP contribution in [0.2, 0.25) is 0 Å². The number of pyridine rings is 1. The van der Waals surface area contributed by atoms with Gasteiger partial charge in [-0.15, -0.1) is 5.10 Å². The van der Waals surface area contributed by atoms with E-state index < -0.39 is 6.04 Å². The fourth-order valence-corrected chi connectivity index (χ4v) is 4.26. The monoisotopic (exact) mass is 421 g/mol. The van der Waals surface area contributed by atoms with Crippen LogP contribution in [-0.2, 0) is 11.3 Å². The molecule has 1 fully saturated rings. The summed E-state index contributed by atoms with van der Waals surface area (Å²) in [6.45, 7) is 0.273. The first-order valence-corrected chi connectivity index (χ1v) is 10.9. The Labute approximate surface area is 179 Å². The first-order chi connectivity index (χ1) is 14.7. The maximum Gasteiger partial charge on any atom is 0.276 e. The number of carbonyl (C=O) groups is 2.